The van der Waals surface area contributed by atoms with Gasteiger partial charge in [-0.05, 0) is 19.1 Å². The zero-order valence-corrected chi connectivity index (χ0v) is 15.5. The highest BCUT2D eigenvalue weighted by Gasteiger charge is 2.27. The van der Waals surface area contributed by atoms with Gasteiger partial charge in [-0.25, -0.2) is 4.39 Å². The van der Waals surface area contributed by atoms with E-state index in [0.717, 1.165) is 18.7 Å². The maximum atomic E-state index is 13.9. The van der Waals surface area contributed by atoms with E-state index >= 15 is 0 Å². The van der Waals surface area contributed by atoms with Gasteiger partial charge < -0.3 is 9.42 Å². The third-order valence-electron chi connectivity index (χ3n) is 5.14. The summed E-state index contributed by atoms with van der Waals surface area (Å²) in [7, 11) is 0. The van der Waals surface area contributed by atoms with Crippen LogP contribution >= 0.6 is 0 Å². The molecule has 6 nitrogen and oxygen atoms in total. The molecule has 0 aliphatic carbocycles. The van der Waals surface area contributed by atoms with Crippen molar-refractivity contribution in [3.8, 4) is 17.5 Å². The highest BCUT2D eigenvalue weighted by molar-refractivity contribution is 5.60. The van der Waals surface area contributed by atoms with Crippen LogP contribution in [0.3, 0.4) is 0 Å². The Morgan fingerprint density at radius 1 is 1.07 bits per heavy atom. The van der Waals surface area contributed by atoms with Crippen molar-refractivity contribution in [2.75, 3.05) is 31.1 Å². The van der Waals surface area contributed by atoms with Gasteiger partial charge >= 0.3 is 0 Å². The number of aromatic nitrogens is 2. The lowest BCUT2D eigenvalue weighted by Crippen LogP contribution is -2.47. The van der Waals surface area contributed by atoms with Crippen molar-refractivity contribution in [2.24, 2.45) is 0 Å². The van der Waals surface area contributed by atoms with E-state index in [-0.39, 0.29) is 11.6 Å². The molecule has 1 aromatic heterocycles. The van der Waals surface area contributed by atoms with Crippen LogP contribution in [0.4, 0.5) is 10.1 Å². The Bertz CT molecular complexity index is 990. The van der Waals surface area contributed by atoms with E-state index in [1.54, 1.807) is 12.1 Å². The molecule has 3 aromatic rings. The summed E-state index contributed by atoms with van der Waals surface area (Å²) < 4.78 is 19.4. The van der Waals surface area contributed by atoms with Crippen LogP contribution in [0.25, 0.3) is 11.4 Å². The second-order valence-electron chi connectivity index (χ2n) is 6.77. The number of hydrogen-bond donors (Lipinski definition) is 0. The zero-order valence-electron chi connectivity index (χ0n) is 15.5. The minimum Gasteiger partial charge on any atom is -0.368 e. The molecule has 2 aromatic carbocycles. The van der Waals surface area contributed by atoms with E-state index in [2.05, 4.69) is 15.0 Å². The van der Waals surface area contributed by atoms with Gasteiger partial charge in [0.1, 0.15) is 17.4 Å². The molecule has 0 spiro atoms. The summed E-state index contributed by atoms with van der Waals surface area (Å²) >= 11 is 0. The molecule has 0 saturated carbocycles. The van der Waals surface area contributed by atoms with E-state index in [4.69, 9.17) is 4.52 Å². The normalized spacial score (nSPS) is 16.0. The topological polar surface area (TPSA) is 69.2 Å². The molecule has 142 valence electrons. The van der Waals surface area contributed by atoms with E-state index < -0.39 is 5.82 Å². The molecule has 1 fully saturated rings. The molecule has 2 heterocycles. The fraction of sp³-hybridized carbons (Fsp3) is 0.286. The van der Waals surface area contributed by atoms with Crippen molar-refractivity contribution >= 4 is 5.69 Å². The summed E-state index contributed by atoms with van der Waals surface area (Å²) in [6, 6.07) is 16.4. The lowest BCUT2D eigenvalue weighted by atomic mass is 10.1. The molecule has 0 amide bonds. The Morgan fingerprint density at radius 3 is 2.54 bits per heavy atom. The standard InChI is InChI=1S/C21H20FN5O/c1-15(21-24-20(25-28-21)16-6-3-2-4-7-16)26-10-12-27(13-11-26)19-9-5-8-18(22)17(19)14-23/h2-9,15H,10-13H2,1H3. The van der Waals surface area contributed by atoms with Gasteiger partial charge in [0, 0.05) is 31.7 Å². The Labute approximate surface area is 162 Å². The van der Waals surface area contributed by atoms with Gasteiger partial charge in [-0.1, -0.05) is 41.6 Å². The van der Waals surface area contributed by atoms with Crippen LogP contribution in [0.15, 0.2) is 53.1 Å². The minimum absolute atomic E-state index is 0.0185. The van der Waals surface area contributed by atoms with E-state index in [1.807, 2.05) is 48.2 Å². The predicted octanol–water partition coefficient (Wildman–Crippen LogP) is 3.63. The smallest absolute Gasteiger partial charge is 0.244 e. The largest absolute Gasteiger partial charge is 0.368 e. The third kappa shape index (κ3) is 3.47. The molecule has 0 N–H and O–H groups in total. The monoisotopic (exact) mass is 377 g/mol. The second kappa shape index (κ2) is 7.79. The van der Waals surface area contributed by atoms with Gasteiger partial charge in [0.15, 0.2) is 0 Å². The van der Waals surface area contributed by atoms with E-state index in [9.17, 15) is 9.65 Å². The number of rotatable bonds is 4. The van der Waals surface area contributed by atoms with Crippen LogP contribution in [0.1, 0.15) is 24.4 Å². The van der Waals surface area contributed by atoms with Crippen LogP contribution in [-0.2, 0) is 0 Å². The predicted molar refractivity (Wildman–Crippen MR) is 103 cm³/mol. The Morgan fingerprint density at radius 2 is 1.82 bits per heavy atom. The van der Waals surface area contributed by atoms with Gasteiger partial charge in [0.05, 0.1) is 11.7 Å². The molecule has 1 aliphatic heterocycles. The Kier molecular flexibility index (Phi) is 5.04. The molecule has 0 radical (unpaired) electrons. The lowest BCUT2D eigenvalue weighted by molar-refractivity contribution is 0.164. The van der Waals surface area contributed by atoms with Gasteiger partial charge in [0.2, 0.25) is 11.7 Å². The zero-order chi connectivity index (χ0) is 19.5. The molecule has 0 bridgehead atoms. The first-order valence-electron chi connectivity index (χ1n) is 9.24. The summed E-state index contributed by atoms with van der Waals surface area (Å²) in [5.41, 5.74) is 1.68. The average molecular weight is 377 g/mol. The van der Waals surface area contributed by atoms with E-state index in [1.165, 1.54) is 6.07 Å². The molecule has 7 heteroatoms. The highest BCUT2D eigenvalue weighted by Crippen LogP contribution is 2.27. The van der Waals surface area contributed by atoms with Crippen molar-refractivity contribution in [1.82, 2.24) is 15.0 Å². The van der Waals surface area contributed by atoms with Crippen molar-refractivity contribution in [1.29, 1.82) is 5.26 Å². The van der Waals surface area contributed by atoms with Gasteiger partial charge in [-0.3, -0.25) is 4.90 Å². The minimum atomic E-state index is -0.477. The first-order chi connectivity index (χ1) is 13.7. The van der Waals surface area contributed by atoms with Crippen LogP contribution in [-0.4, -0.2) is 41.2 Å². The first-order valence-corrected chi connectivity index (χ1v) is 9.24. The number of halogens is 1. The van der Waals surface area contributed by atoms with Crippen LogP contribution in [0.2, 0.25) is 0 Å². The van der Waals surface area contributed by atoms with Gasteiger partial charge in [0.25, 0.3) is 0 Å². The quantitative estimate of drug-likeness (QED) is 0.692. The molecule has 1 aliphatic rings. The number of nitrogens with zero attached hydrogens (tertiary/aromatic N) is 5. The number of hydrogen-bond acceptors (Lipinski definition) is 6. The Hall–Kier alpha value is -3.24. The summed E-state index contributed by atoms with van der Waals surface area (Å²) in [5, 5.41) is 13.4. The van der Waals surface area contributed by atoms with Crippen molar-refractivity contribution in [3.63, 3.8) is 0 Å². The summed E-state index contributed by atoms with van der Waals surface area (Å²) in [4.78, 5) is 8.85. The summed E-state index contributed by atoms with van der Waals surface area (Å²) in [6.45, 7) is 4.95. The second-order valence-corrected chi connectivity index (χ2v) is 6.77. The number of piperazine rings is 1. The highest BCUT2D eigenvalue weighted by atomic mass is 19.1. The summed E-state index contributed by atoms with van der Waals surface area (Å²) in [6.07, 6.45) is 0. The SMILES string of the molecule is CC(c1nc(-c2ccccc2)no1)N1CCN(c2cccc(F)c2C#N)CC1. The molecule has 1 unspecified atom stereocenters. The molecular weight excluding hydrogens is 357 g/mol. The molecule has 4 rings (SSSR count). The van der Waals surface area contributed by atoms with Gasteiger partial charge in [-0.15, -0.1) is 0 Å². The van der Waals surface area contributed by atoms with Crippen LogP contribution < -0.4 is 4.90 Å². The van der Waals surface area contributed by atoms with Gasteiger partial charge in [-0.2, -0.15) is 10.2 Å². The number of anilines is 1. The van der Waals surface area contributed by atoms with Crippen molar-refractivity contribution in [3.05, 3.63) is 65.8 Å². The fourth-order valence-electron chi connectivity index (χ4n) is 3.50. The third-order valence-corrected chi connectivity index (χ3v) is 5.14. The Balaban J connectivity index is 1.44. The molecule has 1 saturated heterocycles. The number of nitriles is 1. The molecule has 28 heavy (non-hydrogen) atoms. The van der Waals surface area contributed by atoms with E-state index in [0.29, 0.717) is 30.5 Å². The van der Waals surface area contributed by atoms with Crippen molar-refractivity contribution in [2.45, 2.75) is 13.0 Å². The average Bonchev–Trinajstić information content (AvgIpc) is 3.24. The fourth-order valence-corrected chi connectivity index (χ4v) is 3.50. The number of benzene rings is 2. The summed E-state index contributed by atoms with van der Waals surface area (Å²) in [5.74, 6) is 0.686. The molecule has 1 atom stereocenters. The van der Waals surface area contributed by atoms with Crippen LogP contribution in [0, 0.1) is 17.1 Å². The molecular formula is C21H20FN5O. The van der Waals surface area contributed by atoms with Crippen LogP contribution in [0.5, 0.6) is 0 Å². The first kappa shape index (κ1) is 18.1. The maximum Gasteiger partial charge on any atom is 0.244 e. The lowest BCUT2D eigenvalue weighted by Gasteiger charge is -2.38. The van der Waals surface area contributed by atoms with Crippen molar-refractivity contribution < 1.29 is 8.91 Å². The maximum absolute atomic E-state index is 13.9.